The number of para-hydroxylation sites is 1. The maximum absolute atomic E-state index is 12.1. The van der Waals surface area contributed by atoms with Gasteiger partial charge in [-0.1, -0.05) is 65.5 Å². The summed E-state index contributed by atoms with van der Waals surface area (Å²) in [6, 6.07) is 18.8. The smallest absolute Gasteiger partial charge is 0.274 e. The van der Waals surface area contributed by atoms with E-state index in [4.69, 9.17) is 9.26 Å². The third-order valence-corrected chi connectivity index (χ3v) is 3.66. The van der Waals surface area contributed by atoms with Gasteiger partial charge in [-0.25, -0.2) is 0 Å². The van der Waals surface area contributed by atoms with Gasteiger partial charge in [0.15, 0.2) is 11.5 Å². The number of rotatable bonds is 5. The second-order valence-corrected chi connectivity index (χ2v) is 5.53. The van der Waals surface area contributed by atoms with Gasteiger partial charge in [0.05, 0.1) is 6.54 Å². The van der Waals surface area contributed by atoms with E-state index in [1.54, 1.807) is 6.07 Å². The summed E-state index contributed by atoms with van der Waals surface area (Å²) in [4.78, 5) is 12.1. The molecule has 0 fully saturated rings. The van der Waals surface area contributed by atoms with Gasteiger partial charge in [0, 0.05) is 11.6 Å². The molecule has 0 bridgehead atoms. The van der Waals surface area contributed by atoms with Crippen LogP contribution in [0.3, 0.4) is 0 Å². The quantitative estimate of drug-likeness (QED) is 0.719. The van der Waals surface area contributed by atoms with Gasteiger partial charge in [0.2, 0.25) is 0 Å². The summed E-state index contributed by atoms with van der Waals surface area (Å²) >= 11 is 0. The molecule has 0 aliphatic heterocycles. The Kier molecular flexibility index (Phi) is 5.69. The van der Waals surface area contributed by atoms with Gasteiger partial charge in [-0.2, -0.15) is 0 Å². The number of hydrogen-bond acceptors (Lipinski definition) is 4. The fourth-order valence-electron chi connectivity index (χ4n) is 2.28. The number of aryl methyl sites for hydroxylation is 1. The molecule has 3 aromatic rings. The van der Waals surface area contributed by atoms with Crippen LogP contribution in [0.5, 0.6) is 5.75 Å². The lowest BCUT2D eigenvalue weighted by atomic mass is 10.1. The van der Waals surface area contributed by atoms with Gasteiger partial charge in [-0.15, -0.1) is 0 Å². The molecule has 0 saturated carbocycles. The van der Waals surface area contributed by atoms with E-state index in [1.165, 1.54) is 0 Å². The van der Waals surface area contributed by atoms with E-state index < -0.39 is 0 Å². The summed E-state index contributed by atoms with van der Waals surface area (Å²) in [7, 11) is 0. The molecule has 1 N–H and O–H groups in total. The van der Waals surface area contributed by atoms with Gasteiger partial charge in [-0.3, -0.25) is 4.79 Å². The molecular weight excluding hydrogens is 328 g/mol. The van der Waals surface area contributed by atoms with E-state index in [-0.39, 0.29) is 24.8 Å². The van der Waals surface area contributed by atoms with Crippen LogP contribution in [-0.2, 0) is 0 Å². The van der Waals surface area contributed by atoms with Crippen LogP contribution >= 0.6 is 0 Å². The summed E-state index contributed by atoms with van der Waals surface area (Å²) in [5, 5.41) is 6.48. The van der Waals surface area contributed by atoms with Crippen LogP contribution in [-0.4, -0.2) is 24.2 Å². The normalized spacial score (nSPS) is 9.88. The van der Waals surface area contributed by atoms with Crippen molar-refractivity contribution < 1.29 is 14.1 Å². The predicted octanol–water partition coefficient (Wildman–Crippen LogP) is 3.46. The van der Waals surface area contributed by atoms with Crippen LogP contribution in [0.15, 0.2) is 65.2 Å². The zero-order valence-corrected chi connectivity index (χ0v) is 14.4. The number of hydrogen-bond donors (Lipinski definition) is 1. The minimum atomic E-state index is -0.329. The van der Waals surface area contributed by atoms with Crippen LogP contribution < -0.4 is 10.1 Å². The molecule has 0 aliphatic carbocycles. The highest BCUT2D eigenvalue weighted by molar-refractivity contribution is 5.93. The molecule has 0 unspecified atom stereocenters. The fraction of sp³-hybridized carbons (Fsp3) is 0.143. The minimum absolute atomic E-state index is 0.212. The zero-order valence-electron chi connectivity index (χ0n) is 14.4. The first kappa shape index (κ1) is 17.3. The second kappa shape index (κ2) is 8.54. The number of ether oxygens (including phenoxy) is 1. The Morgan fingerprint density at radius 3 is 2.69 bits per heavy atom. The third kappa shape index (κ3) is 4.52. The van der Waals surface area contributed by atoms with E-state index in [0.717, 1.165) is 16.9 Å². The Labute approximate surface area is 152 Å². The number of carbonyl (C=O) groups excluding carboxylic acids is 1. The van der Waals surface area contributed by atoms with Crippen molar-refractivity contribution >= 4 is 5.91 Å². The number of nitrogens with zero attached hydrogens (tertiary/aromatic N) is 1. The lowest BCUT2D eigenvalue weighted by Crippen LogP contribution is -2.23. The molecule has 0 atom stereocenters. The molecule has 1 amide bonds. The average molecular weight is 346 g/mol. The molecule has 5 nitrogen and oxygen atoms in total. The van der Waals surface area contributed by atoms with Crippen molar-refractivity contribution in [2.24, 2.45) is 0 Å². The van der Waals surface area contributed by atoms with Crippen molar-refractivity contribution in [3.05, 3.63) is 71.9 Å². The average Bonchev–Trinajstić information content (AvgIpc) is 3.17. The molecular formula is C21H18N2O3. The van der Waals surface area contributed by atoms with Crippen LogP contribution in [0, 0.1) is 18.8 Å². The van der Waals surface area contributed by atoms with Crippen LogP contribution in [0.2, 0.25) is 0 Å². The first-order chi connectivity index (χ1) is 12.7. The Hall–Kier alpha value is -3.52. The van der Waals surface area contributed by atoms with Gasteiger partial charge in [0.1, 0.15) is 12.4 Å². The Morgan fingerprint density at radius 2 is 1.88 bits per heavy atom. The maximum atomic E-state index is 12.1. The number of benzene rings is 2. The summed E-state index contributed by atoms with van der Waals surface area (Å²) in [5.74, 6) is 6.75. The summed E-state index contributed by atoms with van der Waals surface area (Å²) < 4.78 is 10.8. The van der Waals surface area contributed by atoms with Gasteiger partial charge in [0.25, 0.3) is 5.91 Å². The number of nitrogens with one attached hydrogen (secondary N) is 1. The predicted molar refractivity (Wildman–Crippen MR) is 98.7 cm³/mol. The SMILES string of the molecule is Cc1ccccc1OCC#CCNC(=O)c1cc(-c2ccccc2)on1. The van der Waals surface area contributed by atoms with E-state index in [0.29, 0.717) is 5.76 Å². The molecule has 5 heteroatoms. The topological polar surface area (TPSA) is 64.4 Å². The van der Waals surface area contributed by atoms with E-state index in [1.807, 2.05) is 61.5 Å². The van der Waals surface area contributed by atoms with Gasteiger partial charge >= 0.3 is 0 Å². The summed E-state index contributed by atoms with van der Waals surface area (Å²) in [6.45, 7) is 2.46. The summed E-state index contributed by atoms with van der Waals surface area (Å²) in [6.07, 6.45) is 0. The molecule has 130 valence electrons. The highest BCUT2D eigenvalue weighted by Crippen LogP contribution is 2.19. The molecule has 0 aliphatic rings. The van der Waals surface area contributed by atoms with Crippen LogP contribution in [0.25, 0.3) is 11.3 Å². The van der Waals surface area contributed by atoms with Crippen molar-refractivity contribution in [1.82, 2.24) is 10.5 Å². The third-order valence-electron chi connectivity index (χ3n) is 3.66. The monoisotopic (exact) mass is 346 g/mol. The van der Waals surface area contributed by atoms with Crippen molar-refractivity contribution in [2.45, 2.75) is 6.92 Å². The van der Waals surface area contributed by atoms with Crippen molar-refractivity contribution in [1.29, 1.82) is 0 Å². The second-order valence-electron chi connectivity index (χ2n) is 5.53. The Morgan fingerprint density at radius 1 is 1.12 bits per heavy atom. The maximum Gasteiger partial charge on any atom is 0.274 e. The van der Waals surface area contributed by atoms with E-state index >= 15 is 0 Å². The Balaban J connectivity index is 1.46. The lowest BCUT2D eigenvalue weighted by Gasteiger charge is -2.04. The van der Waals surface area contributed by atoms with Crippen LogP contribution in [0.4, 0.5) is 0 Å². The first-order valence-corrected chi connectivity index (χ1v) is 8.18. The molecule has 3 rings (SSSR count). The molecule has 0 spiro atoms. The fourth-order valence-corrected chi connectivity index (χ4v) is 2.28. The highest BCUT2D eigenvalue weighted by Gasteiger charge is 2.12. The van der Waals surface area contributed by atoms with Crippen LogP contribution in [0.1, 0.15) is 16.1 Å². The number of carbonyl (C=O) groups is 1. The van der Waals surface area contributed by atoms with E-state index in [2.05, 4.69) is 22.3 Å². The standard InChI is InChI=1S/C21H18N2O3/c1-16-9-5-6-12-19(16)25-14-8-7-13-22-21(24)18-15-20(26-23-18)17-10-3-2-4-11-17/h2-6,9-12,15H,13-14H2,1H3,(H,22,24). The largest absolute Gasteiger partial charge is 0.481 e. The molecule has 26 heavy (non-hydrogen) atoms. The van der Waals surface area contributed by atoms with Crippen molar-refractivity contribution in [2.75, 3.05) is 13.2 Å². The molecule has 2 aromatic carbocycles. The van der Waals surface area contributed by atoms with E-state index in [9.17, 15) is 4.79 Å². The molecule has 0 saturated heterocycles. The highest BCUT2D eigenvalue weighted by atomic mass is 16.5. The minimum Gasteiger partial charge on any atom is -0.481 e. The zero-order chi connectivity index (χ0) is 18.2. The first-order valence-electron chi connectivity index (χ1n) is 8.18. The lowest BCUT2D eigenvalue weighted by molar-refractivity contribution is 0.0949. The van der Waals surface area contributed by atoms with Gasteiger partial charge < -0.3 is 14.6 Å². The summed E-state index contributed by atoms with van der Waals surface area (Å²) in [5.41, 5.74) is 2.15. The molecule has 1 heterocycles. The Bertz CT molecular complexity index is 936. The number of amides is 1. The van der Waals surface area contributed by atoms with Crippen molar-refractivity contribution in [3.63, 3.8) is 0 Å². The van der Waals surface area contributed by atoms with Gasteiger partial charge in [-0.05, 0) is 18.6 Å². The molecule has 0 radical (unpaired) electrons. The van der Waals surface area contributed by atoms with Crippen molar-refractivity contribution in [3.8, 4) is 28.9 Å². The number of aromatic nitrogens is 1. The molecule has 1 aromatic heterocycles.